The van der Waals surface area contributed by atoms with Crippen LogP contribution in [0.25, 0.3) is 0 Å². The third-order valence-electron chi connectivity index (χ3n) is 3.35. The molecule has 1 aromatic rings. The van der Waals surface area contributed by atoms with Gasteiger partial charge in [0, 0.05) is 37.5 Å². The Morgan fingerprint density at radius 3 is 2.50 bits per heavy atom. The lowest BCUT2D eigenvalue weighted by atomic mass is 10.1. The molecule has 0 aromatic heterocycles. The number of nitro groups is 1. The second kappa shape index (κ2) is 7.96. The highest BCUT2D eigenvalue weighted by molar-refractivity contribution is 7.90. The first-order valence-corrected chi connectivity index (χ1v) is 8.17. The lowest BCUT2D eigenvalue weighted by Crippen LogP contribution is -2.43. The maximum absolute atomic E-state index is 11.8. The summed E-state index contributed by atoms with van der Waals surface area (Å²) >= 11 is 0. The van der Waals surface area contributed by atoms with Crippen LogP contribution >= 0.6 is 24.8 Å². The molecule has 0 amide bonds. The van der Waals surface area contributed by atoms with Crippen LogP contribution in [0.4, 0.5) is 11.4 Å². The zero-order valence-electron chi connectivity index (χ0n) is 12.0. The molecule has 10 heteroatoms. The van der Waals surface area contributed by atoms with E-state index in [1.807, 2.05) is 4.90 Å². The number of piperidine rings is 1. The quantitative estimate of drug-likeness (QED) is 0.640. The molecule has 2 rings (SSSR count). The average molecular weight is 372 g/mol. The predicted molar refractivity (Wildman–Crippen MR) is 90.1 cm³/mol. The van der Waals surface area contributed by atoms with Gasteiger partial charge in [0.25, 0.3) is 5.69 Å². The molecule has 0 bridgehead atoms. The van der Waals surface area contributed by atoms with Crippen molar-refractivity contribution >= 4 is 46.0 Å². The molecular weight excluding hydrogens is 353 g/mol. The van der Waals surface area contributed by atoms with E-state index in [0.717, 1.165) is 19.1 Å². The van der Waals surface area contributed by atoms with Crippen molar-refractivity contribution in [1.82, 2.24) is 0 Å². The van der Waals surface area contributed by atoms with Crippen molar-refractivity contribution in [3.05, 3.63) is 28.3 Å². The number of rotatable bonds is 3. The van der Waals surface area contributed by atoms with Crippen molar-refractivity contribution in [1.29, 1.82) is 0 Å². The Balaban J connectivity index is 0.00000220. The van der Waals surface area contributed by atoms with Crippen LogP contribution in [-0.4, -0.2) is 38.7 Å². The van der Waals surface area contributed by atoms with Crippen LogP contribution in [0.2, 0.25) is 0 Å². The fourth-order valence-corrected chi connectivity index (χ4v) is 3.29. The van der Waals surface area contributed by atoms with E-state index in [0.29, 0.717) is 18.8 Å². The average Bonchev–Trinajstić information content (AvgIpc) is 2.37. The van der Waals surface area contributed by atoms with E-state index >= 15 is 0 Å². The highest BCUT2D eigenvalue weighted by Crippen LogP contribution is 2.31. The van der Waals surface area contributed by atoms with E-state index in [4.69, 9.17) is 5.73 Å². The number of nitro benzene ring substituents is 1. The standard InChI is InChI=1S/C12H17N3O4S.2ClH/c1-20(18,19)12-5-4-10(15(16)17)7-11(12)14-6-2-3-9(13)8-14;;/h4-5,7,9H,2-3,6,8,13H2,1H3;2*1H/t9-;;/m0../s1. The van der Waals surface area contributed by atoms with Crippen LogP contribution < -0.4 is 10.6 Å². The topological polar surface area (TPSA) is 107 Å². The van der Waals surface area contributed by atoms with Gasteiger partial charge in [0.2, 0.25) is 0 Å². The van der Waals surface area contributed by atoms with Crippen LogP contribution in [0.1, 0.15) is 12.8 Å². The zero-order valence-corrected chi connectivity index (χ0v) is 14.4. The molecular formula is C12H19Cl2N3O4S. The Bertz CT molecular complexity index is 639. The van der Waals surface area contributed by atoms with Gasteiger partial charge >= 0.3 is 0 Å². The van der Waals surface area contributed by atoms with Crippen LogP contribution in [0.5, 0.6) is 0 Å². The largest absolute Gasteiger partial charge is 0.369 e. The summed E-state index contributed by atoms with van der Waals surface area (Å²) in [6, 6.07) is 3.77. The molecule has 1 aliphatic rings. The van der Waals surface area contributed by atoms with Crippen LogP contribution in [0, 0.1) is 10.1 Å². The molecule has 0 aliphatic carbocycles. The molecule has 0 unspecified atom stereocenters. The first-order valence-electron chi connectivity index (χ1n) is 6.28. The third-order valence-corrected chi connectivity index (χ3v) is 4.50. The summed E-state index contributed by atoms with van der Waals surface area (Å²) in [6.07, 6.45) is 2.81. The van der Waals surface area contributed by atoms with Crippen LogP contribution in [-0.2, 0) is 9.84 Å². The Labute approximate surface area is 141 Å². The molecule has 1 heterocycles. The molecule has 1 atom stereocenters. The summed E-state index contributed by atoms with van der Waals surface area (Å²) in [5.74, 6) is 0. The molecule has 0 radical (unpaired) electrons. The van der Waals surface area contributed by atoms with Crippen LogP contribution in [0.15, 0.2) is 23.1 Å². The number of hydrogen-bond acceptors (Lipinski definition) is 6. The second-order valence-corrected chi connectivity index (χ2v) is 7.01. The Morgan fingerprint density at radius 2 is 2.00 bits per heavy atom. The van der Waals surface area contributed by atoms with Gasteiger partial charge in [-0.15, -0.1) is 24.8 Å². The minimum atomic E-state index is -3.45. The summed E-state index contributed by atoms with van der Waals surface area (Å²) in [6.45, 7) is 1.15. The maximum Gasteiger partial charge on any atom is 0.271 e. The predicted octanol–water partition coefficient (Wildman–Crippen LogP) is 1.77. The molecule has 0 spiro atoms. The molecule has 1 aliphatic heterocycles. The number of nitrogens with two attached hydrogens (primary N) is 1. The number of benzene rings is 1. The third kappa shape index (κ3) is 4.70. The smallest absolute Gasteiger partial charge is 0.271 e. The summed E-state index contributed by atoms with van der Waals surface area (Å²) in [4.78, 5) is 12.3. The number of hydrogen-bond donors (Lipinski definition) is 1. The molecule has 22 heavy (non-hydrogen) atoms. The van der Waals surface area contributed by atoms with E-state index < -0.39 is 14.8 Å². The molecule has 1 fully saturated rings. The van der Waals surface area contributed by atoms with Crippen molar-refractivity contribution < 1.29 is 13.3 Å². The highest BCUT2D eigenvalue weighted by Gasteiger charge is 2.25. The van der Waals surface area contributed by atoms with Crippen LogP contribution in [0.3, 0.4) is 0 Å². The van der Waals surface area contributed by atoms with Gasteiger partial charge in [-0.2, -0.15) is 0 Å². The molecule has 126 valence electrons. The minimum absolute atomic E-state index is 0. The van der Waals surface area contributed by atoms with Gasteiger partial charge in [0.1, 0.15) is 0 Å². The Hall–Kier alpha value is -1.09. The van der Waals surface area contributed by atoms with E-state index in [1.54, 1.807) is 0 Å². The van der Waals surface area contributed by atoms with E-state index in [9.17, 15) is 18.5 Å². The molecule has 2 N–H and O–H groups in total. The SMILES string of the molecule is CS(=O)(=O)c1ccc([N+](=O)[O-])cc1N1CCC[C@H](N)C1.Cl.Cl. The molecule has 7 nitrogen and oxygen atoms in total. The zero-order chi connectivity index (χ0) is 14.9. The van der Waals surface area contributed by atoms with Gasteiger partial charge in [0.05, 0.1) is 15.5 Å². The van der Waals surface area contributed by atoms with E-state index in [1.165, 1.54) is 18.2 Å². The van der Waals surface area contributed by atoms with Crippen molar-refractivity contribution in [2.75, 3.05) is 24.2 Å². The molecule has 1 aromatic carbocycles. The van der Waals surface area contributed by atoms with Crippen molar-refractivity contribution in [2.24, 2.45) is 5.73 Å². The first-order chi connectivity index (χ1) is 9.29. The molecule has 1 saturated heterocycles. The van der Waals surface area contributed by atoms with Crippen molar-refractivity contribution in [3.63, 3.8) is 0 Å². The number of nitrogens with zero attached hydrogens (tertiary/aromatic N) is 2. The summed E-state index contributed by atoms with van der Waals surface area (Å²) in [5.41, 5.74) is 6.15. The minimum Gasteiger partial charge on any atom is -0.369 e. The van der Waals surface area contributed by atoms with E-state index in [-0.39, 0.29) is 41.4 Å². The summed E-state index contributed by atoms with van der Waals surface area (Å²) < 4.78 is 23.7. The fraction of sp³-hybridized carbons (Fsp3) is 0.500. The molecule has 0 saturated carbocycles. The van der Waals surface area contributed by atoms with Gasteiger partial charge in [-0.05, 0) is 18.9 Å². The van der Waals surface area contributed by atoms with Gasteiger partial charge in [-0.3, -0.25) is 10.1 Å². The highest BCUT2D eigenvalue weighted by atomic mass is 35.5. The van der Waals surface area contributed by atoms with Gasteiger partial charge in [-0.1, -0.05) is 0 Å². The van der Waals surface area contributed by atoms with E-state index in [2.05, 4.69) is 0 Å². The van der Waals surface area contributed by atoms with Crippen molar-refractivity contribution in [3.8, 4) is 0 Å². The van der Waals surface area contributed by atoms with Crippen molar-refractivity contribution in [2.45, 2.75) is 23.8 Å². The number of non-ortho nitro benzene ring substituents is 1. The number of halogens is 2. The van der Waals surface area contributed by atoms with Gasteiger partial charge in [-0.25, -0.2) is 8.42 Å². The maximum atomic E-state index is 11.8. The fourth-order valence-electron chi connectivity index (χ4n) is 2.41. The summed E-state index contributed by atoms with van der Waals surface area (Å²) in [5, 5.41) is 10.9. The lowest BCUT2D eigenvalue weighted by Gasteiger charge is -2.33. The Kier molecular flexibility index (Phi) is 7.56. The number of anilines is 1. The second-order valence-electron chi connectivity index (χ2n) is 5.03. The normalized spacial score (nSPS) is 18.1. The summed E-state index contributed by atoms with van der Waals surface area (Å²) in [7, 11) is -3.45. The first kappa shape index (κ1) is 20.9. The Morgan fingerprint density at radius 1 is 1.36 bits per heavy atom. The monoisotopic (exact) mass is 371 g/mol. The lowest BCUT2D eigenvalue weighted by molar-refractivity contribution is -0.384. The number of sulfone groups is 1. The van der Waals surface area contributed by atoms with Gasteiger partial charge in [0.15, 0.2) is 9.84 Å². The van der Waals surface area contributed by atoms with Gasteiger partial charge < -0.3 is 10.6 Å².